The van der Waals surface area contributed by atoms with E-state index in [1.54, 1.807) is 12.1 Å². The molecule has 5 nitrogen and oxygen atoms in total. The molecule has 3 fully saturated rings. The standard InChI is InChI=1S/C19H21FN4O/c20-14-11-21-15(12-3-4-12)9-13(14)16-10-17(23-22-16)18(25)24-8-2-1-5-19(24)6-7-19/h9-12H,1-8H2,(H,22,23). The van der Waals surface area contributed by atoms with Crippen LogP contribution < -0.4 is 0 Å². The van der Waals surface area contributed by atoms with Crippen molar-refractivity contribution in [3.63, 3.8) is 0 Å². The molecule has 0 atom stereocenters. The first-order valence-electron chi connectivity index (χ1n) is 9.19. The predicted octanol–water partition coefficient (Wildman–Crippen LogP) is 3.65. The zero-order valence-corrected chi connectivity index (χ0v) is 14.1. The van der Waals surface area contributed by atoms with Crippen LogP contribution >= 0.6 is 0 Å². The summed E-state index contributed by atoms with van der Waals surface area (Å²) in [6.45, 7) is 0.808. The average Bonchev–Trinajstić information content (AvgIpc) is 3.55. The van der Waals surface area contributed by atoms with E-state index < -0.39 is 5.82 Å². The molecular weight excluding hydrogens is 319 g/mol. The Balaban J connectivity index is 1.44. The van der Waals surface area contributed by atoms with Gasteiger partial charge in [0, 0.05) is 29.3 Å². The van der Waals surface area contributed by atoms with Crippen LogP contribution in [0.5, 0.6) is 0 Å². The smallest absolute Gasteiger partial charge is 0.272 e. The van der Waals surface area contributed by atoms with E-state index in [0.717, 1.165) is 50.8 Å². The third-order valence-corrected chi connectivity index (χ3v) is 5.88. The molecule has 25 heavy (non-hydrogen) atoms. The van der Waals surface area contributed by atoms with Crippen molar-refractivity contribution in [2.24, 2.45) is 0 Å². The highest BCUT2D eigenvalue weighted by molar-refractivity contribution is 5.94. The van der Waals surface area contributed by atoms with Crippen molar-refractivity contribution in [3.05, 3.63) is 35.5 Å². The minimum absolute atomic E-state index is 0.00664. The van der Waals surface area contributed by atoms with Crippen LogP contribution in [0.15, 0.2) is 18.3 Å². The number of hydrogen-bond acceptors (Lipinski definition) is 3. The highest BCUT2D eigenvalue weighted by atomic mass is 19.1. The summed E-state index contributed by atoms with van der Waals surface area (Å²) >= 11 is 0. The lowest BCUT2D eigenvalue weighted by Gasteiger charge is -2.35. The Morgan fingerprint density at radius 2 is 2.08 bits per heavy atom. The molecule has 3 aliphatic rings. The number of pyridine rings is 1. The third kappa shape index (κ3) is 2.55. The molecule has 2 aromatic rings. The zero-order valence-electron chi connectivity index (χ0n) is 14.1. The molecule has 1 spiro atoms. The van der Waals surface area contributed by atoms with Gasteiger partial charge >= 0.3 is 0 Å². The summed E-state index contributed by atoms with van der Waals surface area (Å²) in [5.41, 5.74) is 2.35. The quantitative estimate of drug-likeness (QED) is 0.928. The Morgan fingerprint density at radius 1 is 1.24 bits per heavy atom. The Bertz CT molecular complexity index is 838. The number of nitrogens with one attached hydrogen (secondary N) is 1. The number of aromatic nitrogens is 3. The van der Waals surface area contributed by atoms with Crippen molar-refractivity contribution < 1.29 is 9.18 Å². The average molecular weight is 340 g/mol. The molecule has 2 aromatic heterocycles. The van der Waals surface area contributed by atoms with Crippen LogP contribution in [0.2, 0.25) is 0 Å². The monoisotopic (exact) mass is 340 g/mol. The molecule has 3 heterocycles. The lowest BCUT2D eigenvalue weighted by molar-refractivity contribution is 0.0567. The number of H-pyrrole nitrogens is 1. The van der Waals surface area contributed by atoms with E-state index in [1.807, 2.05) is 4.90 Å². The molecule has 6 heteroatoms. The molecule has 1 amide bonds. The van der Waals surface area contributed by atoms with Gasteiger partial charge in [0.25, 0.3) is 5.91 Å². The maximum Gasteiger partial charge on any atom is 0.272 e. The van der Waals surface area contributed by atoms with E-state index in [2.05, 4.69) is 15.2 Å². The number of piperidine rings is 1. The fourth-order valence-electron chi connectivity index (χ4n) is 4.05. The first kappa shape index (κ1) is 15.0. The molecule has 0 unspecified atom stereocenters. The van der Waals surface area contributed by atoms with Gasteiger partial charge in [0.15, 0.2) is 5.82 Å². The number of hydrogen-bond donors (Lipinski definition) is 1. The first-order valence-corrected chi connectivity index (χ1v) is 9.19. The van der Waals surface area contributed by atoms with Gasteiger partial charge in [0.1, 0.15) is 5.69 Å². The summed E-state index contributed by atoms with van der Waals surface area (Å²) in [7, 11) is 0. The molecule has 1 saturated heterocycles. The van der Waals surface area contributed by atoms with Gasteiger partial charge < -0.3 is 4.90 Å². The molecule has 0 radical (unpaired) electrons. The third-order valence-electron chi connectivity index (χ3n) is 5.88. The van der Waals surface area contributed by atoms with Crippen LogP contribution in [0.4, 0.5) is 4.39 Å². The van der Waals surface area contributed by atoms with E-state index in [0.29, 0.717) is 22.9 Å². The summed E-state index contributed by atoms with van der Waals surface area (Å²) in [6, 6.07) is 3.46. The number of halogens is 1. The van der Waals surface area contributed by atoms with Crippen molar-refractivity contribution in [3.8, 4) is 11.3 Å². The number of amides is 1. The van der Waals surface area contributed by atoms with Crippen molar-refractivity contribution in [2.45, 2.75) is 56.4 Å². The Kier molecular flexibility index (Phi) is 3.24. The van der Waals surface area contributed by atoms with Crippen LogP contribution in [0.1, 0.15) is 67.0 Å². The highest BCUT2D eigenvalue weighted by Crippen LogP contribution is 2.48. The van der Waals surface area contributed by atoms with Gasteiger partial charge in [-0.05, 0) is 57.1 Å². The van der Waals surface area contributed by atoms with Gasteiger partial charge in [-0.3, -0.25) is 14.9 Å². The summed E-state index contributed by atoms with van der Waals surface area (Å²) < 4.78 is 14.2. The first-order chi connectivity index (χ1) is 12.2. The van der Waals surface area contributed by atoms with Gasteiger partial charge in [0.05, 0.1) is 11.9 Å². The predicted molar refractivity (Wildman–Crippen MR) is 90.6 cm³/mol. The second-order valence-corrected chi connectivity index (χ2v) is 7.67. The number of nitrogens with zero attached hydrogens (tertiary/aromatic N) is 3. The molecule has 0 aromatic carbocycles. The SMILES string of the molecule is O=C(c1cc(-c2cc(C3CC3)ncc2F)n[nH]1)N1CCCCC12CC2. The molecule has 130 valence electrons. The van der Waals surface area contributed by atoms with Crippen LogP contribution in [-0.2, 0) is 0 Å². The van der Waals surface area contributed by atoms with E-state index in [9.17, 15) is 9.18 Å². The Labute approximate surface area is 145 Å². The minimum atomic E-state index is -0.397. The summed E-state index contributed by atoms with van der Waals surface area (Å²) in [4.78, 5) is 19.1. The van der Waals surface area contributed by atoms with E-state index >= 15 is 0 Å². The fraction of sp³-hybridized carbons (Fsp3) is 0.526. The minimum Gasteiger partial charge on any atom is -0.332 e. The zero-order chi connectivity index (χ0) is 17.0. The molecule has 5 rings (SSSR count). The van der Waals surface area contributed by atoms with Gasteiger partial charge in [-0.2, -0.15) is 5.10 Å². The normalized spacial score (nSPS) is 21.6. The molecule has 2 aliphatic carbocycles. The largest absolute Gasteiger partial charge is 0.332 e. The van der Waals surface area contributed by atoms with Gasteiger partial charge in [-0.15, -0.1) is 0 Å². The number of carbonyl (C=O) groups excluding carboxylic acids is 1. The Hall–Kier alpha value is -2.24. The van der Waals surface area contributed by atoms with Gasteiger partial charge in [-0.1, -0.05) is 0 Å². The Morgan fingerprint density at radius 3 is 2.84 bits per heavy atom. The van der Waals surface area contributed by atoms with E-state index in [4.69, 9.17) is 0 Å². The van der Waals surface area contributed by atoms with Crippen molar-refractivity contribution in [2.75, 3.05) is 6.54 Å². The van der Waals surface area contributed by atoms with E-state index in [-0.39, 0.29) is 11.4 Å². The van der Waals surface area contributed by atoms with E-state index in [1.165, 1.54) is 12.6 Å². The van der Waals surface area contributed by atoms with Crippen LogP contribution in [0.25, 0.3) is 11.3 Å². The summed E-state index contributed by atoms with van der Waals surface area (Å²) in [5.74, 6) is 0.0434. The maximum absolute atomic E-state index is 14.2. The van der Waals surface area contributed by atoms with Crippen LogP contribution in [0.3, 0.4) is 0 Å². The number of rotatable bonds is 3. The second kappa shape index (κ2) is 5.38. The molecule has 2 saturated carbocycles. The molecular formula is C19H21FN4O. The van der Waals surface area contributed by atoms with Gasteiger partial charge in [0.2, 0.25) is 0 Å². The lowest BCUT2D eigenvalue weighted by atomic mass is 9.99. The highest BCUT2D eigenvalue weighted by Gasteiger charge is 2.51. The number of likely N-dealkylation sites (tertiary alicyclic amines) is 1. The molecule has 1 aliphatic heterocycles. The fourth-order valence-corrected chi connectivity index (χ4v) is 4.05. The van der Waals surface area contributed by atoms with Crippen molar-refractivity contribution in [1.29, 1.82) is 0 Å². The van der Waals surface area contributed by atoms with Crippen LogP contribution in [0, 0.1) is 5.82 Å². The van der Waals surface area contributed by atoms with Crippen molar-refractivity contribution in [1.82, 2.24) is 20.1 Å². The summed E-state index contributed by atoms with van der Waals surface area (Å²) in [6.07, 6.45) is 9.04. The number of carbonyl (C=O) groups is 1. The lowest BCUT2D eigenvalue weighted by Crippen LogP contribution is -2.45. The van der Waals surface area contributed by atoms with Crippen molar-refractivity contribution >= 4 is 5.91 Å². The molecule has 1 N–H and O–H groups in total. The second-order valence-electron chi connectivity index (χ2n) is 7.67. The van der Waals surface area contributed by atoms with Gasteiger partial charge in [-0.25, -0.2) is 4.39 Å². The number of aromatic amines is 1. The van der Waals surface area contributed by atoms with Crippen LogP contribution in [-0.4, -0.2) is 38.1 Å². The summed E-state index contributed by atoms with van der Waals surface area (Å²) in [5, 5.41) is 7.04. The topological polar surface area (TPSA) is 61.9 Å². The maximum atomic E-state index is 14.2. The molecule has 0 bridgehead atoms.